The summed E-state index contributed by atoms with van der Waals surface area (Å²) < 4.78 is 39.8. The molecule has 1 N–H and O–H groups in total. The fourth-order valence-corrected chi connectivity index (χ4v) is 1.84. The van der Waals surface area contributed by atoms with Gasteiger partial charge in [-0.2, -0.15) is 0 Å². The minimum atomic E-state index is -2.55. The Kier molecular flexibility index (Phi) is 7.58. The first-order valence-corrected chi connectivity index (χ1v) is 6.43. The third kappa shape index (κ3) is 5.48. The summed E-state index contributed by atoms with van der Waals surface area (Å²) in [5, 5.41) is 3.56. The van der Waals surface area contributed by atoms with E-state index in [1.807, 2.05) is 0 Å². The van der Waals surface area contributed by atoms with E-state index in [9.17, 15) is 8.78 Å². The van der Waals surface area contributed by atoms with Crippen LogP contribution in [0.2, 0.25) is 5.02 Å². The van der Waals surface area contributed by atoms with Gasteiger partial charge in [0.2, 0.25) is 0 Å². The fraction of sp³-hybridized carbons (Fsp3) is 0.538. The van der Waals surface area contributed by atoms with Gasteiger partial charge in [0, 0.05) is 36.9 Å². The number of alkyl halides is 2. The number of nitrogens with one attached hydrogen (secondary N) is 1. The summed E-state index contributed by atoms with van der Waals surface area (Å²) in [5.74, 6) is 0.615. The van der Waals surface area contributed by atoms with Crippen molar-refractivity contribution in [3.8, 4) is 11.5 Å². The standard InChI is InChI=1S/C13H18ClF2NO3/c1-18-4-3-17-7-9-5-10(14)6-11(19-2)13(9)20-8-12(15)16/h5-6,12,17H,3-4,7-8H2,1-2H3. The molecule has 114 valence electrons. The van der Waals surface area contributed by atoms with Gasteiger partial charge in [-0.1, -0.05) is 11.6 Å². The SMILES string of the molecule is COCCNCc1cc(Cl)cc(OC)c1OCC(F)F. The first kappa shape index (κ1) is 16.9. The maximum Gasteiger partial charge on any atom is 0.272 e. The van der Waals surface area contributed by atoms with Gasteiger partial charge in [-0.05, 0) is 6.07 Å². The molecule has 1 aromatic rings. The largest absolute Gasteiger partial charge is 0.493 e. The maximum atomic E-state index is 12.3. The van der Waals surface area contributed by atoms with Crippen LogP contribution >= 0.6 is 11.6 Å². The van der Waals surface area contributed by atoms with Crippen LogP contribution in [0.5, 0.6) is 11.5 Å². The zero-order chi connectivity index (χ0) is 15.0. The zero-order valence-corrected chi connectivity index (χ0v) is 12.2. The van der Waals surface area contributed by atoms with E-state index in [1.165, 1.54) is 13.2 Å². The van der Waals surface area contributed by atoms with Crippen molar-refractivity contribution in [2.24, 2.45) is 0 Å². The third-order valence-electron chi connectivity index (χ3n) is 2.47. The molecule has 0 radical (unpaired) electrons. The number of hydrogen-bond acceptors (Lipinski definition) is 4. The molecule has 0 fully saturated rings. The van der Waals surface area contributed by atoms with E-state index < -0.39 is 13.0 Å². The molecule has 0 saturated carbocycles. The van der Waals surface area contributed by atoms with Gasteiger partial charge in [0.25, 0.3) is 6.43 Å². The molecule has 7 heteroatoms. The van der Waals surface area contributed by atoms with Crippen molar-refractivity contribution >= 4 is 11.6 Å². The molecule has 0 bridgehead atoms. The van der Waals surface area contributed by atoms with Crippen molar-refractivity contribution in [2.45, 2.75) is 13.0 Å². The number of benzene rings is 1. The molecule has 0 amide bonds. The topological polar surface area (TPSA) is 39.7 Å². The van der Waals surface area contributed by atoms with Gasteiger partial charge in [-0.25, -0.2) is 8.78 Å². The van der Waals surface area contributed by atoms with Crippen LogP contribution in [0.15, 0.2) is 12.1 Å². The van der Waals surface area contributed by atoms with Gasteiger partial charge in [-0.15, -0.1) is 0 Å². The molecule has 0 aliphatic heterocycles. The van der Waals surface area contributed by atoms with Crippen molar-refractivity contribution in [3.05, 3.63) is 22.7 Å². The molecule has 1 aromatic carbocycles. The zero-order valence-electron chi connectivity index (χ0n) is 11.4. The molecule has 0 aliphatic rings. The second kappa shape index (κ2) is 8.94. The molecule has 0 aromatic heterocycles. The van der Waals surface area contributed by atoms with Gasteiger partial charge in [0.05, 0.1) is 13.7 Å². The van der Waals surface area contributed by atoms with Gasteiger partial charge >= 0.3 is 0 Å². The van der Waals surface area contributed by atoms with Crippen molar-refractivity contribution in [3.63, 3.8) is 0 Å². The highest BCUT2D eigenvalue weighted by molar-refractivity contribution is 6.30. The van der Waals surface area contributed by atoms with E-state index >= 15 is 0 Å². The number of methoxy groups -OCH3 is 2. The van der Waals surface area contributed by atoms with Crippen LogP contribution in [0, 0.1) is 0 Å². The molecule has 0 saturated heterocycles. The van der Waals surface area contributed by atoms with Crippen LogP contribution in [0.1, 0.15) is 5.56 Å². The molecule has 20 heavy (non-hydrogen) atoms. The lowest BCUT2D eigenvalue weighted by Crippen LogP contribution is -2.19. The second-order valence-corrected chi connectivity index (χ2v) is 4.40. The molecule has 1 rings (SSSR count). The predicted molar refractivity (Wildman–Crippen MR) is 73.1 cm³/mol. The number of halogens is 3. The monoisotopic (exact) mass is 309 g/mol. The van der Waals surface area contributed by atoms with Crippen LogP contribution in [0.4, 0.5) is 8.78 Å². The summed E-state index contributed by atoms with van der Waals surface area (Å²) >= 11 is 5.97. The summed E-state index contributed by atoms with van der Waals surface area (Å²) in [6.45, 7) is 0.895. The Morgan fingerprint density at radius 1 is 1.30 bits per heavy atom. The molecule has 0 aliphatic carbocycles. The Labute approximate surface area is 122 Å². The summed E-state index contributed by atoms with van der Waals surface area (Å²) in [4.78, 5) is 0. The van der Waals surface area contributed by atoms with E-state index in [0.29, 0.717) is 36.0 Å². The highest BCUT2D eigenvalue weighted by Gasteiger charge is 2.15. The predicted octanol–water partition coefficient (Wildman–Crippen LogP) is 2.73. The van der Waals surface area contributed by atoms with Crippen LogP contribution in [-0.4, -0.2) is 40.4 Å². The Hall–Kier alpha value is -1.11. The Morgan fingerprint density at radius 2 is 2.05 bits per heavy atom. The first-order chi connectivity index (χ1) is 9.58. The van der Waals surface area contributed by atoms with Crippen LogP contribution < -0.4 is 14.8 Å². The number of ether oxygens (including phenoxy) is 3. The quantitative estimate of drug-likeness (QED) is 0.712. The molecule has 4 nitrogen and oxygen atoms in total. The van der Waals surface area contributed by atoms with Crippen molar-refractivity contribution in [1.29, 1.82) is 0 Å². The van der Waals surface area contributed by atoms with Crippen LogP contribution in [0.3, 0.4) is 0 Å². The van der Waals surface area contributed by atoms with Crippen molar-refractivity contribution in [2.75, 3.05) is 34.0 Å². The third-order valence-corrected chi connectivity index (χ3v) is 2.69. The van der Waals surface area contributed by atoms with Gasteiger partial charge in [0.15, 0.2) is 11.5 Å². The Morgan fingerprint density at radius 3 is 2.65 bits per heavy atom. The minimum Gasteiger partial charge on any atom is -0.493 e. The molecule has 0 unspecified atom stereocenters. The highest BCUT2D eigenvalue weighted by atomic mass is 35.5. The van der Waals surface area contributed by atoms with Gasteiger partial charge in [-0.3, -0.25) is 0 Å². The normalized spacial score (nSPS) is 10.9. The minimum absolute atomic E-state index is 0.280. The molecule has 0 atom stereocenters. The summed E-state index contributed by atoms with van der Waals surface area (Å²) in [5.41, 5.74) is 0.658. The van der Waals surface area contributed by atoms with Gasteiger partial charge in [0.1, 0.15) is 6.61 Å². The lowest BCUT2D eigenvalue weighted by Gasteiger charge is -2.16. The van der Waals surface area contributed by atoms with Gasteiger partial charge < -0.3 is 19.5 Å². The van der Waals surface area contributed by atoms with Crippen molar-refractivity contribution < 1.29 is 23.0 Å². The summed E-state index contributed by atoms with van der Waals surface area (Å²) in [6.07, 6.45) is -2.55. The summed E-state index contributed by atoms with van der Waals surface area (Å²) in [7, 11) is 3.03. The lowest BCUT2D eigenvalue weighted by atomic mass is 10.2. The highest BCUT2D eigenvalue weighted by Crippen LogP contribution is 2.35. The van der Waals surface area contributed by atoms with Crippen molar-refractivity contribution in [1.82, 2.24) is 5.32 Å². The second-order valence-electron chi connectivity index (χ2n) is 3.97. The first-order valence-electron chi connectivity index (χ1n) is 6.05. The smallest absolute Gasteiger partial charge is 0.272 e. The van der Waals surface area contributed by atoms with E-state index in [2.05, 4.69) is 5.32 Å². The molecule has 0 spiro atoms. The average molecular weight is 310 g/mol. The summed E-state index contributed by atoms with van der Waals surface area (Å²) in [6, 6.07) is 3.19. The molecular weight excluding hydrogens is 292 g/mol. The Bertz CT molecular complexity index is 419. The fourth-order valence-electron chi connectivity index (χ4n) is 1.61. The Balaban J connectivity index is 2.84. The molecular formula is C13H18ClF2NO3. The van der Waals surface area contributed by atoms with Crippen LogP contribution in [-0.2, 0) is 11.3 Å². The molecule has 0 heterocycles. The van der Waals surface area contributed by atoms with E-state index in [0.717, 1.165) is 0 Å². The van der Waals surface area contributed by atoms with E-state index in [1.54, 1.807) is 13.2 Å². The number of rotatable bonds is 9. The van der Waals surface area contributed by atoms with Crippen LogP contribution in [0.25, 0.3) is 0 Å². The van der Waals surface area contributed by atoms with E-state index in [-0.39, 0.29) is 5.75 Å². The van der Waals surface area contributed by atoms with E-state index in [4.69, 9.17) is 25.8 Å². The number of hydrogen-bond donors (Lipinski definition) is 1. The lowest BCUT2D eigenvalue weighted by molar-refractivity contribution is 0.0798. The maximum absolute atomic E-state index is 12.3. The average Bonchev–Trinajstić information content (AvgIpc) is 2.41.